The van der Waals surface area contributed by atoms with Gasteiger partial charge in [-0.05, 0) is 25.0 Å². The van der Waals surface area contributed by atoms with Crippen LogP contribution in [0.4, 0.5) is 25.2 Å². The predicted molar refractivity (Wildman–Crippen MR) is 114 cm³/mol. The quantitative estimate of drug-likeness (QED) is 0.193. The lowest BCUT2D eigenvalue weighted by Crippen LogP contribution is -2.22. The summed E-state index contributed by atoms with van der Waals surface area (Å²) in [7, 11) is -5.69. The van der Waals surface area contributed by atoms with Crippen LogP contribution in [0.1, 0.15) is 24.1 Å². The first-order valence-corrected chi connectivity index (χ1v) is 11.7. The maximum Gasteiger partial charge on any atom is 0.316 e. The lowest BCUT2D eigenvalue weighted by Gasteiger charge is -2.40. The third-order valence-electron chi connectivity index (χ3n) is 4.83. The molecule has 2 aromatic rings. The Labute approximate surface area is 195 Å². The maximum atomic E-state index is 13.3. The molecule has 7 nitrogen and oxygen atoms in total. The molecular weight excluding hydrogens is 516 g/mol. The Morgan fingerprint density at radius 3 is 2.21 bits per heavy atom. The van der Waals surface area contributed by atoms with Crippen LogP contribution in [-0.4, -0.2) is 48.2 Å². The molecule has 0 saturated heterocycles. The molecule has 0 spiro atoms. The van der Waals surface area contributed by atoms with Gasteiger partial charge < -0.3 is 9.64 Å². The molecular formula is C18H16Cl2F5N5O2S. The molecule has 180 valence electrons. The molecule has 1 saturated carbocycles. The monoisotopic (exact) mass is 531 g/mol. The van der Waals surface area contributed by atoms with E-state index in [4.69, 9.17) is 27.9 Å². The van der Waals surface area contributed by atoms with Gasteiger partial charge in [-0.15, -0.1) is 0 Å². The highest BCUT2D eigenvalue weighted by molar-refractivity contribution is 8.45. The molecule has 33 heavy (non-hydrogen) atoms. The van der Waals surface area contributed by atoms with Crippen molar-refractivity contribution in [2.24, 2.45) is 4.99 Å². The van der Waals surface area contributed by atoms with E-state index in [0.29, 0.717) is 12.8 Å². The second-order valence-electron chi connectivity index (χ2n) is 7.56. The van der Waals surface area contributed by atoms with E-state index in [1.54, 1.807) is 14.1 Å². The molecule has 0 unspecified atom stereocenters. The molecule has 1 fully saturated rings. The standard InChI is InChI=1S/C18H16Cl2F5N5O2S/c1-29(2)9-27-16-14(18(4-5-18)17(31)32-3)13(8-26)28-30(16)15-11(19)6-10(7-12(15)20)33(21,22,23,24)25/h6-7,9H,4-5H2,1-3H3/b27-9+. The molecule has 0 aliphatic heterocycles. The molecule has 1 aromatic heterocycles. The SMILES string of the molecule is COC(=O)C1(c2c(C#N)nn(-c3c(Cl)cc(S(F)(F)(F)(F)F)cc3Cl)c2/N=C/N(C)C)CC1. The lowest BCUT2D eigenvalue weighted by atomic mass is 9.95. The topological polar surface area (TPSA) is 83.5 Å². The summed E-state index contributed by atoms with van der Waals surface area (Å²) in [5.41, 5.74) is -1.87. The van der Waals surface area contributed by atoms with E-state index in [-0.39, 0.29) is 29.2 Å². The number of hydrogen-bond acceptors (Lipinski definition) is 5. The number of halogens is 7. The normalized spacial score (nSPS) is 17.2. The van der Waals surface area contributed by atoms with Gasteiger partial charge in [0.1, 0.15) is 16.7 Å². The van der Waals surface area contributed by atoms with Gasteiger partial charge in [0.2, 0.25) is 0 Å². The highest BCUT2D eigenvalue weighted by Gasteiger charge is 2.65. The number of aromatic nitrogens is 2. The summed E-state index contributed by atoms with van der Waals surface area (Å²) >= 11 is 11.9. The van der Waals surface area contributed by atoms with Gasteiger partial charge in [-0.25, -0.2) is 9.67 Å². The lowest BCUT2D eigenvalue weighted by molar-refractivity contribution is -0.143. The van der Waals surface area contributed by atoms with E-state index in [1.807, 2.05) is 6.07 Å². The van der Waals surface area contributed by atoms with Crippen molar-refractivity contribution >= 4 is 51.6 Å². The maximum absolute atomic E-state index is 13.3. The Bertz CT molecular complexity index is 1210. The summed E-state index contributed by atoms with van der Waals surface area (Å²) in [5.74, 6) is -0.791. The Morgan fingerprint density at radius 2 is 1.82 bits per heavy atom. The van der Waals surface area contributed by atoms with Crippen LogP contribution in [0.15, 0.2) is 22.0 Å². The van der Waals surface area contributed by atoms with Crippen molar-refractivity contribution in [2.45, 2.75) is 23.2 Å². The zero-order valence-corrected chi connectivity index (χ0v) is 19.6. The summed E-state index contributed by atoms with van der Waals surface area (Å²) < 4.78 is 72.1. The van der Waals surface area contributed by atoms with Crippen molar-refractivity contribution in [1.29, 1.82) is 5.26 Å². The molecule has 0 atom stereocenters. The summed E-state index contributed by atoms with van der Waals surface area (Å²) in [6.07, 6.45) is 1.89. The largest absolute Gasteiger partial charge is 0.468 e. The van der Waals surface area contributed by atoms with Gasteiger partial charge in [0.05, 0.1) is 34.5 Å². The summed E-state index contributed by atoms with van der Waals surface area (Å²) in [5, 5.41) is 12.0. The zero-order valence-electron chi connectivity index (χ0n) is 17.3. The summed E-state index contributed by atoms with van der Waals surface area (Å²) in [4.78, 5) is 15.9. The van der Waals surface area contributed by atoms with E-state index < -0.39 is 42.2 Å². The fraction of sp³-hybridized carbons (Fsp3) is 0.333. The number of hydrogen-bond donors (Lipinski definition) is 0. The van der Waals surface area contributed by atoms with Crippen LogP contribution in [0, 0.1) is 11.3 Å². The van der Waals surface area contributed by atoms with Crippen LogP contribution in [0.5, 0.6) is 0 Å². The van der Waals surface area contributed by atoms with Gasteiger partial charge in [-0.1, -0.05) is 42.6 Å². The number of carbonyl (C=O) groups is 1. The second-order valence-corrected chi connectivity index (χ2v) is 10.8. The Hall–Kier alpha value is -2.56. The van der Waals surface area contributed by atoms with Gasteiger partial charge in [0.25, 0.3) is 0 Å². The molecule has 0 N–H and O–H groups in total. The van der Waals surface area contributed by atoms with Gasteiger partial charge in [0.15, 0.2) is 11.5 Å². The number of carbonyl (C=O) groups excluding carboxylic acids is 1. The number of nitrogens with zero attached hydrogens (tertiary/aromatic N) is 5. The first-order valence-electron chi connectivity index (χ1n) is 9.01. The van der Waals surface area contributed by atoms with Crippen molar-refractivity contribution in [3.8, 4) is 11.8 Å². The number of benzene rings is 1. The Kier molecular flexibility index (Phi) is 5.48. The number of nitriles is 1. The molecule has 1 aromatic carbocycles. The predicted octanol–water partition coefficient (Wildman–Crippen LogP) is 6.13. The number of esters is 1. The third-order valence-corrected chi connectivity index (χ3v) is 6.53. The van der Waals surface area contributed by atoms with Crippen LogP contribution in [0.2, 0.25) is 10.0 Å². The third kappa shape index (κ3) is 4.60. The van der Waals surface area contributed by atoms with E-state index in [9.17, 15) is 29.5 Å². The van der Waals surface area contributed by atoms with Gasteiger partial charge in [0, 0.05) is 14.1 Å². The molecule has 0 radical (unpaired) electrons. The van der Waals surface area contributed by atoms with Crippen molar-refractivity contribution < 1.29 is 29.0 Å². The second kappa shape index (κ2) is 7.22. The molecule has 1 aliphatic carbocycles. The molecule has 3 rings (SSSR count). The summed E-state index contributed by atoms with van der Waals surface area (Å²) in [6.45, 7) is 0. The van der Waals surface area contributed by atoms with Gasteiger partial charge in [-0.3, -0.25) is 4.79 Å². The fourth-order valence-corrected chi connectivity index (χ4v) is 4.67. The molecule has 1 heterocycles. The molecule has 15 heteroatoms. The first kappa shape index (κ1) is 25.1. The van der Waals surface area contributed by atoms with E-state index in [0.717, 1.165) is 11.8 Å². The minimum Gasteiger partial charge on any atom is -0.468 e. The van der Waals surface area contributed by atoms with Crippen LogP contribution in [-0.2, 0) is 14.9 Å². The van der Waals surface area contributed by atoms with Crippen molar-refractivity contribution in [2.75, 3.05) is 21.2 Å². The highest BCUT2D eigenvalue weighted by atomic mass is 35.5. The fourth-order valence-electron chi connectivity index (χ4n) is 3.22. The summed E-state index contributed by atoms with van der Waals surface area (Å²) in [6, 6.07) is 1.88. The van der Waals surface area contributed by atoms with E-state index in [2.05, 4.69) is 10.1 Å². The van der Waals surface area contributed by atoms with Crippen LogP contribution >= 0.6 is 33.4 Å². The van der Waals surface area contributed by atoms with E-state index >= 15 is 0 Å². The number of rotatable bonds is 6. The Balaban J connectivity index is 2.36. The molecule has 0 bridgehead atoms. The van der Waals surface area contributed by atoms with Crippen molar-refractivity contribution in [1.82, 2.24) is 14.7 Å². The van der Waals surface area contributed by atoms with Gasteiger partial charge in [-0.2, -0.15) is 10.4 Å². The van der Waals surface area contributed by atoms with Gasteiger partial charge >= 0.3 is 16.2 Å². The highest BCUT2D eigenvalue weighted by Crippen LogP contribution is 3.02. The average Bonchev–Trinajstić information content (AvgIpc) is 3.39. The Morgan fingerprint density at radius 1 is 1.27 bits per heavy atom. The minimum absolute atomic E-state index is 0.0321. The molecule has 1 aliphatic rings. The van der Waals surface area contributed by atoms with Crippen LogP contribution in [0.3, 0.4) is 0 Å². The van der Waals surface area contributed by atoms with E-state index in [1.165, 1.54) is 11.2 Å². The average molecular weight is 532 g/mol. The zero-order chi connectivity index (χ0) is 25.0. The molecule has 0 amide bonds. The van der Waals surface area contributed by atoms with Crippen molar-refractivity contribution in [3.63, 3.8) is 0 Å². The smallest absolute Gasteiger partial charge is 0.316 e. The number of aliphatic imine (C=N–C) groups is 1. The van der Waals surface area contributed by atoms with Crippen LogP contribution in [0.25, 0.3) is 5.69 Å². The minimum atomic E-state index is -10.1. The number of methoxy groups -OCH3 is 1. The number of ether oxygens (including phenoxy) is 1. The first-order chi connectivity index (χ1) is 14.9. The van der Waals surface area contributed by atoms with Crippen LogP contribution < -0.4 is 0 Å². The van der Waals surface area contributed by atoms with Crippen molar-refractivity contribution in [3.05, 3.63) is 33.4 Å².